The van der Waals surface area contributed by atoms with Gasteiger partial charge in [-0.1, -0.05) is 19.4 Å². The largest absolute Gasteiger partial charge is 0.352 e. The fraction of sp³-hybridized carbons (Fsp3) is 0.667. The van der Waals surface area contributed by atoms with Gasteiger partial charge in [0.25, 0.3) is 0 Å². The van der Waals surface area contributed by atoms with E-state index in [1.54, 1.807) is 0 Å². The lowest BCUT2D eigenvalue weighted by atomic mass is 10.2. The van der Waals surface area contributed by atoms with Crippen LogP contribution in [0.4, 0.5) is 0 Å². The Morgan fingerprint density at radius 2 is 2.18 bits per heavy atom. The molecule has 2 heteroatoms. The Morgan fingerprint density at radius 1 is 1.55 bits per heavy atom. The van der Waals surface area contributed by atoms with Gasteiger partial charge >= 0.3 is 0 Å². The number of rotatable bonds is 4. The molecule has 64 valence electrons. The highest BCUT2D eigenvalue weighted by Gasteiger charge is 1.99. The van der Waals surface area contributed by atoms with Crippen LogP contribution in [0.1, 0.15) is 33.6 Å². The van der Waals surface area contributed by atoms with Crippen LogP contribution in [0.25, 0.3) is 0 Å². The quantitative estimate of drug-likeness (QED) is 0.487. The summed E-state index contributed by atoms with van der Waals surface area (Å²) in [4.78, 5) is 11.1. The number of carbonyl (C=O) groups excluding carboxylic acids is 1. The van der Waals surface area contributed by atoms with E-state index in [0.29, 0.717) is 0 Å². The highest BCUT2D eigenvalue weighted by atomic mass is 16.1. The molecule has 0 aliphatic rings. The minimum absolute atomic E-state index is 0.0564. The molecule has 0 aromatic rings. The van der Waals surface area contributed by atoms with Gasteiger partial charge in [-0.25, -0.2) is 0 Å². The van der Waals surface area contributed by atoms with Crippen LogP contribution in [-0.4, -0.2) is 12.5 Å². The normalized spacial score (nSPS) is 11.4. The maximum Gasteiger partial charge on any atom is 0.246 e. The van der Waals surface area contributed by atoms with Gasteiger partial charge in [0.2, 0.25) is 5.91 Å². The molecule has 0 aliphatic heterocycles. The summed E-state index contributed by atoms with van der Waals surface area (Å²) in [5, 5.41) is 2.83. The first-order valence-corrected chi connectivity index (χ1v) is 4.13. The van der Waals surface area contributed by atoms with Crippen molar-refractivity contribution >= 4 is 5.91 Å². The third kappa shape index (κ3) is 4.59. The molecular formula is C9H17NO. The number of carbonyl (C=O) groups is 1. The summed E-state index contributed by atoms with van der Waals surface area (Å²) in [6.45, 7) is 6.59. The molecule has 11 heavy (non-hydrogen) atoms. The Bertz CT molecular complexity index is 150. The Hall–Kier alpha value is -0.790. The smallest absolute Gasteiger partial charge is 0.246 e. The second-order valence-corrected chi connectivity index (χ2v) is 2.58. The van der Waals surface area contributed by atoms with Gasteiger partial charge in [-0.2, -0.15) is 0 Å². The van der Waals surface area contributed by atoms with Crippen molar-refractivity contribution in [2.45, 2.75) is 33.6 Å². The summed E-state index contributed by atoms with van der Waals surface area (Å²) in [6, 6.07) is 0. The molecule has 0 saturated carbocycles. The number of nitrogens with one attached hydrogen (secondary N) is 1. The number of allylic oxidation sites excluding steroid dienone is 1. The Balaban J connectivity index is 3.53. The summed E-state index contributed by atoms with van der Waals surface area (Å²) >= 11 is 0. The minimum Gasteiger partial charge on any atom is -0.352 e. The van der Waals surface area contributed by atoms with Crippen molar-refractivity contribution < 1.29 is 4.79 Å². The van der Waals surface area contributed by atoms with Crippen molar-refractivity contribution in [2.75, 3.05) is 6.54 Å². The van der Waals surface area contributed by atoms with E-state index in [9.17, 15) is 4.79 Å². The second kappa shape index (κ2) is 5.96. The molecule has 0 spiro atoms. The van der Waals surface area contributed by atoms with Gasteiger partial charge in [-0.05, 0) is 20.3 Å². The van der Waals surface area contributed by atoms with Gasteiger partial charge in [-0.15, -0.1) is 0 Å². The van der Waals surface area contributed by atoms with Crippen molar-refractivity contribution in [3.8, 4) is 0 Å². The average Bonchev–Trinajstić information content (AvgIpc) is 2.03. The zero-order valence-corrected chi connectivity index (χ0v) is 7.61. The van der Waals surface area contributed by atoms with Crippen LogP contribution in [0, 0.1) is 0 Å². The lowest BCUT2D eigenvalue weighted by Crippen LogP contribution is -2.24. The molecule has 0 bridgehead atoms. The SMILES string of the molecule is C/C=C(/C)C(=O)NCCCC. The third-order valence-corrected chi connectivity index (χ3v) is 1.61. The van der Waals surface area contributed by atoms with E-state index < -0.39 is 0 Å². The van der Waals surface area contributed by atoms with Gasteiger partial charge < -0.3 is 5.32 Å². The molecule has 0 unspecified atom stereocenters. The number of hydrogen-bond acceptors (Lipinski definition) is 1. The lowest BCUT2D eigenvalue weighted by Gasteiger charge is -2.02. The number of amides is 1. The predicted molar refractivity (Wildman–Crippen MR) is 47.3 cm³/mol. The molecule has 2 nitrogen and oxygen atoms in total. The number of hydrogen-bond donors (Lipinski definition) is 1. The van der Waals surface area contributed by atoms with E-state index in [0.717, 1.165) is 25.0 Å². The second-order valence-electron chi connectivity index (χ2n) is 2.58. The molecular weight excluding hydrogens is 138 g/mol. The predicted octanol–water partition coefficient (Wildman–Crippen LogP) is 1.87. The summed E-state index contributed by atoms with van der Waals surface area (Å²) in [7, 11) is 0. The molecule has 0 atom stereocenters. The molecule has 0 radical (unpaired) electrons. The van der Waals surface area contributed by atoms with Gasteiger partial charge in [0.05, 0.1) is 0 Å². The molecule has 0 saturated heterocycles. The molecule has 1 N–H and O–H groups in total. The standard InChI is InChI=1S/C9H17NO/c1-4-6-7-10-9(11)8(3)5-2/h5H,4,6-7H2,1-3H3,(H,10,11)/b8-5-. The lowest BCUT2D eigenvalue weighted by molar-refractivity contribution is -0.117. The van der Waals surface area contributed by atoms with Crippen LogP contribution in [0.3, 0.4) is 0 Å². The highest BCUT2D eigenvalue weighted by Crippen LogP contribution is 1.91. The van der Waals surface area contributed by atoms with Gasteiger partial charge in [0.15, 0.2) is 0 Å². The topological polar surface area (TPSA) is 29.1 Å². The van der Waals surface area contributed by atoms with Crippen molar-refractivity contribution in [3.05, 3.63) is 11.6 Å². The van der Waals surface area contributed by atoms with Crippen LogP contribution in [0.5, 0.6) is 0 Å². The van der Waals surface area contributed by atoms with Gasteiger partial charge in [0.1, 0.15) is 0 Å². The molecule has 1 amide bonds. The minimum atomic E-state index is 0.0564. The molecule has 0 aromatic carbocycles. The van der Waals surface area contributed by atoms with Crippen LogP contribution in [-0.2, 0) is 4.79 Å². The van der Waals surface area contributed by atoms with Crippen LogP contribution in [0.2, 0.25) is 0 Å². The molecule has 0 aliphatic carbocycles. The number of unbranched alkanes of at least 4 members (excludes halogenated alkanes) is 1. The van der Waals surface area contributed by atoms with E-state index in [1.807, 2.05) is 19.9 Å². The van der Waals surface area contributed by atoms with E-state index >= 15 is 0 Å². The van der Waals surface area contributed by atoms with E-state index in [-0.39, 0.29) is 5.91 Å². The zero-order valence-electron chi connectivity index (χ0n) is 7.61. The third-order valence-electron chi connectivity index (χ3n) is 1.61. The van der Waals surface area contributed by atoms with E-state index in [2.05, 4.69) is 12.2 Å². The Labute approximate surface area is 68.7 Å². The summed E-state index contributed by atoms with van der Waals surface area (Å²) in [6.07, 6.45) is 4.00. The molecule has 0 heterocycles. The Morgan fingerprint density at radius 3 is 2.64 bits per heavy atom. The maximum atomic E-state index is 11.1. The first-order valence-electron chi connectivity index (χ1n) is 4.13. The summed E-state index contributed by atoms with van der Waals surface area (Å²) in [5.74, 6) is 0.0564. The summed E-state index contributed by atoms with van der Waals surface area (Å²) < 4.78 is 0. The first kappa shape index (κ1) is 10.2. The van der Waals surface area contributed by atoms with E-state index in [1.165, 1.54) is 0 Å². The van der Waals surface area contributed by atoms with Crippen molar-refractivity contribution in [2.24, 2.45) is 0 Å². The average molecular weight is 155 g/mol. The fourth-order valence-corrected chi connectivity index (χ4v) is 0.649. The molecule has 0 rings (SSSR count). The first-order chi connectivity index (χ1) is 5.22. The zero-order chi connectivity index (χ0) is 8.69. The van der Waals surface area contributed by atoms with Gasteiger partial charge in [0, 0.05) is 12.1 Å². The molecule has 0 fully saturated rings. The summed E-state index contributed by atoms with van der Waals surface area (Å²) in [5.41, 5.74) is 0.793. The van der Waals surface area contributed by atoms with Crippen molar-refractivity contribution in [3.63, 3.8) is 0 Å². The molecule has 0 aromatic heterocycles. The van der Waals surface area contributed by atoms with Crippen molar-refractivity contribution in [1.29, 1.82) is 0 Å². The van der Waals surface area contributed by atoms with E-state index in [4.69, 9.17) is 0 Å². The van der Waals surface area contributed by atoms with Crippen LogP contribution >= 0.6 is 0 Å². The highest BCUT2D eigenvalue weighted by molar-refractivity contribution is 5.92. The van der Waals surface area contributed by atoms with Crippen molar-refractivity contribution in [1.82, 2.24) is 5.32 Å². The fourth-order valence-electron chi connectivity index (χ4n) is 0.649. The monoisotopic (exact) mass is 155 g/mol. The van der Waals surface area contributed by atoms with Crippen LogP contribution in [0.15, 0.2) is 11.6 Å². The maximum absolute atomic E-state index is 11.1. The Kier molecular flexibility index (Phi) is 5.53. The van der Waals surface area contributed by atoms with Gasteiger partial charge in [-0.3, -0.25) is 4.79 Å². The van der Waals surface area contributed by atoms with Crippen LogP contribution < -0.4 is 5.32 Å².